The normalized spacial score (nSPS) is 15.0. The number of nitrogens with zero attached hydrogens (tertiary/aromatic N) is 2. The van der Waals surface area contributed by atoms with Crippen LogP contribution in [0.15, 0.2) is 89.6 Å². The second kappa shape index (κ2) is 7.94. The average molecular weight is 414 g/mol. The molecule has 1 aliphatic heterocycles. The highest BCUT2D eigenvalue weighted by Crippen LogP contribution is 2.43. The summed E-state index contributed by atoms with van der Waals surface area (Å²) in [5, 5.41) is 1.78. The van der Waals surface area contributed by atoms with Crippen LogP contribution in [0.3, 0.4) is 0 Å². The van der Waals surface area contributed by atoms with E-state index in [0.717, 1.165) is 34.8 Å². The van der Waals surface area contributed by atoms with Gasteiger partial charge in [0.2, 0.25) is 0 Å². The third-order valence-corrected chi connectivity index (χ3v) is 5.65. The zero-order valence-corrected chi connectivity index (χ0v) is 17.9. The van der Waals surface area contributed by atoms with Crippen molar-refractivity contribution >= 4 is 40.6 Å². The summed E-state index contributed by atoms with van der Waals surface area (Å²) >= 11 is 0. The highest BCUT2D eigenvalue weighted by atomic mass is 35.5. The molecule has 0 atom stereocenters. The number of para-hydroxylation sites is 2. The lowest BCUT2D eigenvalue weighted by Gasteiger charge is -2.33. The molecule has 0 aromatic heterocycles. The third-order valence-electron chi connectivity index (χ3n) is 5.65. The Kier molecular flexibility index (Phi) is 5.33. The third kappa shape index (κ3) is 3.36. The number of hydrogen-bond donors (Lipinski definition) is 1. The minimum absolute atomic E-state index is 0. The molecule has 0 fully saturated rings. The van der Waals surface area contributed by atoms with Gasteiger partial charge in [0.25, 0.3) is 0 Å². The lowest BCUT2D eigenvalue weighted by molar-refractivity contribution is 1.02. The molecule has 150 valence electrons. The van der Waals surface area contributed by atoms with Crippen LogP contribution in [0.5, 0.6) is 0 Å². The van der Waals surface area contributed by atoms with Crippen molar-refractivity contribution in [3.05, 3.63) is 107 Å². The maximum Gasteiger partial charge on any atom is 0.0967 e. The zero-order chi connectivity index (χ0) is 20.0. The number of benzene rings is 3. The van der Waals surface area contributed by atoms with Crippen LogP contribution in [0.25, 0.3) is 11.1 Å². The van der Waals surface area contributed by atoms with Crippen LogP contribution < -0.4 is 10.9 Å². The Morgan fingerprint density at radius 3 is 2.07 bits per heavy atom. The lowest BCUT2D eigenvalue weighted by Crippen LogP contribution is -2.37. The van der Waals surface area contributed by atoms with Gasteiger partial charge in [0.15, 0.2) is 0 Å². The van der Waals surface area contributed by atoms with E-state index in [-0.39, 0.29) is 12.4 Å². The molecular weight excluding hydrogens is 390 g/mol. The first-order valence-corrected chi connectivity index (χ1v) is 9.92. The minimum Gasteiger partial charge on any atom is -0.276 e. The predicted molar refractivity (Wildman–Crippen MR) is 129 cm³/mol. The van der Waals surface area contributed by atoms with Crippen LogP contribution in [0, 0.1) is 13.8 Å². The van der Waals surface area contributed by atoms with Crippen molar-refractivity contribution in [2.24, 2.45) is 10.8 Å². The van der Waals surface area contributed by atoms with Gasteiger partial charge in [-0.25, -0.2) is 10.8 Å². The number of nitrogens with two attached hydrogens (primary N) is 1. The largest absolute Gasteiger partial charge is 0.276 e. The molecular formula is C26H24ClN3. The number of aliphatic imine (C=N–C) groups is 1. The highest BCUT2D eigenvalue weighted by Gasteiger charge is 2.30. The maximum atomic E-state index is 6.53. The number of anilines is 1. The number of allylic oxidation sites excluding steroid dienone is 3. The van der Waals surface area contributed by atoms with E-state index < -0.39 is 0 Å². The zero-order valence-electron chi connectivity index (χ0n) is 17.1. The number of hydrazine groups is 1. The van der Waals surface area contributed by atoms with Gasteiger partial charge in [-0.1, -0.05) is 77.9 Å². The molecule has 0 saturated heterocycles. The van der Waals surface area contributed by atoms with Crippen LogP contribution in [-0.4, -0.2) is 5.71 Å². The summed E-state index contributed by atoms with van der Waals surface area (Å²) in [6, 6.07) is 25.5. The van der Waals surface area contributed by atoms with E-state index in [4.69, 9.17) is 10.8 Å². The fourth-order valence-corrected chi connectivity index (χ4v) is 4.05. The monoisotopic (exact) mass is 413 g/mol. The standard InChI is InChI=1S/C26H23N3.ClH/c1-17-7-11-19(12-8-17)21-15-16-24-26(25(21)20-13-9-18(2)10-14-20)28-22-5-3-4-6-23(22)29(24)27;/h3-14,16H,15,27H2,1-2H3;1H. The van der Waals surface area contributed by atoms with E-state index in [9.17, 15) is 0 Å². The molecule has 0 unspecified atom stereocenters. The van der Waals surface area contributed by atoms with Gasteiger partial charge in [-0.05, 0) is 49.1 Å². The van der Waals surface area contributed by atoms with Gasteiger partial charge in [0, 0.05) is 5.57 Å². The van der Waals surface area contributed by atoms with E-state index in [2.05, 4.69) is 68.5 Å². The molecule has 5 rings (SSSR count). The molecule has 2 N–H and O–H groups in total. The molecule has 0 saturated carbocycles. The first-order valence-electron chi connectivity index (χ1n) is 9.92. The Balaban J connectivity index is 0.00000218. The SMILES string of the molecule is Cc1ccc(C2=C(c3ccc(C)cc3)C3=Nc4ccccc4N(N)C3=CC2)cc1.Cl. The Labute approximate surface area is 183 Å². The van der Waals surface area contributed by atoms with Gasteiger partial charge in [0.05, 0.1) is 22.8 Å². The summed E-state index contributed by atoms with van der Waals surface area (Å²) in [5.74, 6) is 6.53. The first-order chi connectivity index (χ1) is 14.1. The van der Waals surface area contributed by atoms with Crippen molar-refractivity contribution in [3.8, 4) is 0 Å². The van der Waals surface area contributed by atoms with Crippen molar-refractivity contribution in [2.45, 2.75) is 20.3 Å². The molecule has 2 aliphatic rings. The Hall–Kier alpha value is -3.14. The van der Waals surface area contributed by atoms with E-state index >= 15 is 0 Å². The molecule has 30 heavy (non-hydrogen) atoms. The van der Waals surface area contributed by atoms with Gasteiger partial charge < -0.3 is 0 Å². The second-order valence-electron chi connectivity index (χ2n) is 7.70. The van der Waals surface area contributed by atoms with E-state index in [1.54, 1.807) is 5.01 Å². The van der Waals surface area contributed by atoms with Crippen molar-refractivity contribution in [1.29, 1.82) is 0 Å². The summed E-state index contributed by atoms with van der Waals surface area (Å²) in [6.45, 7) is 4.23. The molecule has 3 aromatic rings. The van der Waals surface area contributed by atoms with Gasteiger partial charge in [-0.15, -0.1) is 12.4 Å². The fraction of sp³-hybridized carbons (Fsp3) is 0.115. The second-order valence-corrected chi connectivity index (χ2v) is 7.70. The molecule has 0 amide bonds. The number of rotatable bonds is 2. The summed E-state index contributed by atoms with van der Waals surface area (Å²) in [7, 11) is 0. The van der Waals surface area contributed by atoms with Crippen LogP contribution in [-0.2, 0) is 0 Å². The molecule has 4 heteroatoms. The molecule has 3 nitrogen and oxygen atoms in total. The van der Waals surface area contributed by atoms with Crippen molar-refractivity contribution in [2.75, 3.05) is 5.01 Å². The number of fused-ring (bicyclic) bond motifs is 2. The van der Waals surface area contributed by atoms with Crippen molar-refractivity contribution in [3.63, 3.8) is 0 Å². The highest BCUT2D eigenvalue weighted by molar-refractivity contribution is 6.40. The summed E-state index contributed by atoms with van der Waals surface area (Å²) in [6.07, 6.45) is 3.01. The lowest BCUT2D eigenvalue weighted by atomic mass is 9.83. The Morgan fingerprint density at radius 1 is 0.800 bits per heavy atom. The fourth-order valence-electron chi connectivity index (χ4n) is 4.05. The van der Waals surface area contributed by atoms with E-state index in [1.165, 1.54) is 27.8 Å². The number of halogens is 1. The van der Waals surface area contributed by atoms with Gasteiger partial charge in [-0.3, -0.25) is 5.01 Å². The van der Waals surface area contributed by atoms with Gasteiger partial charge >= 0.3 is 0 Å². The Morgan fingerprint density at radius 2 is 1.40 bits per heavy atom. The molecule has 0 radical (unpaired) electrons. The number of hydrogen-bond acceptors (Lipinski definition) is 3. The van der Waals surface area contributed by atoms with E-state index in [0.29, 0.717) is 0 Å². The number of aryl methyl sites for hydroxylation is 2. The topological polar surface area (TPSA) is 41.6 Å². The first kappa shape index (κ1) is 20.1. The van der Waals surface area contributed by atoms with Crippen LogP contribution in [0.4, 0.5) is 11.4 Å². The molecule has 1 heterocycles. The summed E-state index contributed by atoms with van der Waals surface area (Å²) in [5.41, 5.74) is 11.1. The van der Waals surface area contributed by atoms with Crippen LogP contribution in [0.1, 0.15) is 28.7 Å². The maximum absolute atomic E-state index is 6.53. The smallest absolute Gasteiger partial charge is 0.0967 e. The Bertz CT molecular complexity index is 1190. The molecule has 1 aliphatic carbocycles. The predicted octanol–water partition coefficient (Wildman–Crippen LogP) is 6.39. The van der Waals surface area contributed by atoms with Crippen LogP contribution in [0.2, 0.25) is 0 Å². The quantitative estimate of drug-likeness (QED) is 0.494. The van der Waals surface area contributed by atoms with Gasteiger partial charge in [-0.2, -0.15) is 0 Å². The minimum atomic E-state index is 0. The summed E-state index contributed by atoms with van der Waals surface area (Å²) in [4.78, 5) is 5.06. The molecule has 0 bridgehead atoms. The average Bonchev–Trinajstić information content (AvgIpc) is 2.75. The molecule has 3 aromatic carbocycles. The summed E-state index contributed by atoms with van der Waals surface area (Å²) < 4.78 is 0. The van der Waals surface area contributed by atoms with Crippen molar-refractivity contribution in [1.82, 2.24) is 0 Å². The van der Waals surface area contributed by atoms with Gasteiger partial charge in [0.1, 0.15) is 0 Å². The molecule has 0 spiro atoms. The van der Waals surface area contributed by atoms with E-state index in [1.807, 2.05) is 24.3 Å². The van der Waals surface area contributed by atoms with Crippen LogP contribution >= 0.6 is 12.4 Å². The van der Waals surface area contributed by atoms with Crippen molar-refractivity contribution < 1.29 is 0 Å².